The number of aliphatic hydroxyl groups is 2. The van der Waals surface area contributed by atoms with Gasteiger partial charge in [-0.15, -0.1) is 0 Å². The number of benzene rings is 2. The Labute approximate surface area is 128 Å². The third-order valence-electron chi connectivity index (χ3n) is 3.12. The van der Waals surface area contributed by atoms with E-state index in [0.717, 1.165) is 5.56 Å². The molecule has 0 bridgehead atoms. The fourth-order valence-corrected chi connectivity index (χ4v) is 2.12. The minimum Gasteiger partial charge on any atom is -0.394 e. The molecule has 21 heavy (non-hydrogen) atoms. The molecule has 0 aromatic heterocycles. The average Bonchev–Trinajstić information content (AvgIpc) is 2.53. The van der Waals surface area contributed by atoms with Crippen LogP contribution in [-0.4, -0.2) is 28.8 Å². The minimum absolute atomic E-state index is 0.340. The van der Waals surface area contributed by atoms with Crippen molar-refractivity contribution in [2.45, 2.75) is 12.1 Å². The lowest BCUT2D eigenvalue weighted by molar-refractivity contribution is 0.0564. The summed E-state index contributed by atoms with van der Waals surface area (Å²) in [5, 5.41) is 22.4. The fraction of sp³-hybridized carbons (Fsp3) is 0.188. The van der Waals surface area contributed by atoms with Crippen LogP contribution in [0, 0.1) is 0 Å². The summed E-state index contributed by atoms with van der Waals surface area (Å²) in [6.07, 6.45) is -1.08. The van der Waals surface area contributed by atoms with E-state index in [1.165, 1.54) is 0 Å². The predicted molar refractivity (Wildman–Crippen MR) is 81.2 cm³/mol. The molecule has 0 aliphatic heterocycles. The van der Waals surface area contributed by atoms with Crippen molar-refractivity contribution in [1.82, 2.24) is 5.32 Å². The highest BCUT2D eigenvalue weighted by Gasteiger charge is 2.22. The standard InChI is InChI=1S/C16H16ClNO3/c17-13-8-6-12(7-9-13)16(21)18-15(14(20)10-19)11-4-2-1-3-5-11/h1-9,14-15,19-20H,10H2,(H,18,21). The Kier molecular flexibility index (Phi) is 5.33. The van der Waals surface area contributed by atoms with Gasteiger partial charge in [0, 0.05) is 10.6 Å². The molecule has 2 unspecified atom stereocenters. The first-order valence-corrected chi connectivity index (χ1v) is 6.90. The van der Waals surface area contributed by atoms with Crippen LogP contribution in [0.3, 0.4) is 0 Å². The molecule has 0 saturated carbocycles. The number of rotatable bonds is 5. The highest BCUT2D eigenvalue weighted by molar-refractivity contribution is 6.30. The molecular formula is C16H16ClNO3. The van der Waals surface area contributed by atoms with E-state index in [2.05, 4.69) is 5.32 Å². The monoisotopic (exact) mass is 305 g/mol. The molecule has 0 fully saturated rings. The van der Waals surface area contributed by atoms with Crippen molar-refractivity contribution in [3.8, 4) is 0 Å². The molecule has 1 amide bonds. The molecule has 0 aliphatic rings. The maximum Gasteiger partial charge on any atom is 0.251 e. The molecule has 0 radical (unpaired) electrons. The number of halogens is 1. The zero-order chi connectivity index (χ0) is 15.2. The van der Waals surface area contributed by atoms with Gasteiger partial charge in [-0.25, -0.2) is 0 Å². The summed E-state index contributed by atoms with van der Waals surface area (Å²) in [6.45, 7) is -0.444. The van der Waals surface area contributed by atoms with Crippen LogP contribution in [0.1, 0.15) is 22.0 Å². The van der Waals surface area contributed by atoms with E-state index in [9.17, 15) is 9.90 Å². The molecule has 2 rings (SSSR count). The fourth-order valence-electron chi connectivity index (χ4n) is 1.99. The number of carbonyl (C=O) groups is 1. The van der Waals surface area contributed by atoms with E-state index in [1.807, 2.05) is 6.07 Å². The van der Waals surface area contributed by atoms with E-state index in [0.29, 0.717) is 10.6 Å². The molecule has 4 nitrogen and oxygen atoms in total. The van der Waals surface area contributed by atoms with Gasteiger partial charge in [-0.05, 0) is 29.8 Å². The highest BCUT2D eigenvalue weighted by Crippen LogP contribution is 2.18. The van der Waals surface area contributed by atoms with E-state index < -0.39 is 18.8 Å². The predicted octanol–water partition coefficient (Wildman–Crippen LogP) is 2.16. The zero-order valence-corrected chi connectivity index (χ0v) is 12.0. The van der Waals surface area contributed by atoms with Gasteiger partial charge in [0.25, 0.3) is 5.91 Å². The van der Waals surface area contributed by atoms with E-state index in [1.54, 1.807) is 48.5 Å². The van der Waals surface area contributed by atoms with Crippen molar-refractivity contribution < 1.29 is 15.0 Å². The first-order valence-electron chi connectivity index (χ1n) is 6.52. The van der Waals surface area contributed by atoms with Crippen molar-refractivity contribution in [1.29, 1.82) is 0 Å². The number of hydrogen-bond acceptors (Lipinski definition) is 3. The van der Waals surface area contributed by atoms with Gasteiger partial charge in [-0.2, -0.15) is 0 Å². The second kappa shape index (κ2) is 7.22. The third-order valence-corrected chi connectivity index (χ3v) is 3.38. The SMILES string of the molecule is O=C(NC(c1ccccc1)C(O)CO)c1ccc(Cl)cc1. The van der Waals surface area contributed by atoms with Crippen LogP contribution in [0.15, 0.2) is 54.6 Å². The van der Waals surface area contributed by atoms with Crippen molar-refractivity contribution >= 4 is 17.5 Å². The summed E-state index contributed by atoms with van der Waals surface area (Å²) < 4.78 is 0. The normalized spacial score (nSPS) is 13.5. The summed E-state index contributed by atoms with van der Waals surface area (Å²) in [6, 6.07) is 14.8. The second-order valence-electron chi connectivity index (χ2n) is 4.62. The maximum atomic E-state index is 12.2. The molecule has 2 atom stereocenters. The van der Waals surface area contributed by atoms with Crippen molar-refractivity contribution in [2.75, 3.05) is 6.61 Å². The smallest absolute Gasteiger partial charge is 0.251 e. The zero-order valence-electron chi connectivity index (χ0n) is 11.2. The van der Waals surface area contributed by atoms with Gasteiger partial charge in [-0.3, -0.25) is 4.79 Å². The molecule has 5 heteroatoms. The first-order chi connectivity index (χ1) is 10.1. The minimum atomic E-state index is -1.08. The summed E-state index contributed by atoms with van der Waals surface area (Å²) in [7, 11) is 0. The summed E-state index contributed by atoms with van der Waals surface area (Å²) in [5.74, 6) is -0.340. The number of hydrogen-bond donors (Lipinski definition) is 3. The number of amides is 1. The summed E-state index contributed by atoms with van der Waals surface area (Å²) in [5.41, 5.74) is 1.16. The number of aliphatic hydroxyl groups excluding tert-OH is 2. The molecule has 0 spiro atoms. The Hall–Kier alpha value is -1.88. The summed E-state index contributed by atoms with van der Waals surface area (Å²) in [4.78, 5) is 12.2. The van der Waals surface area contributed by atoms with Crippen LogP contribution in [0.4, 0.5) is 0 Å². The maximum absolute atomic E-state index is 12.2. The second-order valence-corrected chi connectivity index (χ2v) is 5.06. The average molecular weight is 306 g/mol. The molecule has 2 aromatic carbocycles. The Morgan fingerprint density at radius 2 is 1.71 bits per heavy atom. The largest absolute Gasteiger partial charge is 0.394 e. The van der Waals surface area contributed by atoms with E-state index in [-0.39, 0.29) is 5.91 Å². The third kappa shape index (κ3) is 4.04. The molecule has 2 aromatic rings. The summed E-state index contributed by atoms with van der Waals surface area (Å²) >= 11 is 5.79. The number of carbonyl (C=O) groups excluding carboxylic acids is 1. The van der Waals surface area contributed by atoms with Crippen molar-refractivity contribution in [2.24, 2.45) is 0 Å². The lowest BCUT2D eigenvalue weighted by Crippen LogP contribution is -2.38. The van der Waals surface area contributed by atoms with Crippen molar-refractivity contribution in [3.05, 3.63) is 70.7 Å². The Bertz CT molecular complexity index is 586. The first kappa shape index (κ1) is 15.5. The number of nitrogens with one attached hydrogen (secondary N) is 1. The van der Waals surface area contributed by atoms with E-state index >= 15 is 0 Å². The molecule has 0 saturated heterocycles. The van der Waals surface area contributed by atoms with Gasteiger partial charge in [0.2, 0.25) is 0 Å². The molecule has 0 heterocycles. The quantitative estimate of drug-likeness (QED) is 0.793. The molecule has 0 aliphatic carbocycles. The lowest BCUT2D eigenvalue weighted by atomic mass is 10.0. The van der Waals surface area contributed by atoms with Crippen molar-refractivity contribution in [3.63, 3.8) is 0 Å². The van der Waals surface area contributed by atoms with Gasteiger partial charge in [0.1, 0.15) is 6.10 Å². The van der Waals surface area contributed by atoms with Crippen LogP contribution >= 0.6 is 11.6 Å². The van der Waals surface area contributed by atoms with Crippen LogP contribution < -0.4 is 5.32 Å². The molecule has 110 valence electrons. The lowest BCUT2D eigenvalue weighted by Gasteiger charge is -2.23. The van der Waals surface area contributed by atoms with Crippen LogP contribution in [0.2, 0.25) is 5.02 Å². The van der Waals surface area contributed by atoms with E-state index in [4.69, 9.17) is 16.7 Å². The Balaban J connectivity index is 2.19. The molecular weight excluding hydrogens is 290 g/mol. The van der Waals surface area contributed by atoms with Crippen LogP contribution in [0.25, 0.3) is 0 Å². The van der Waals surface area contributed by atoms with Gasteiger partial charge >= 0.3 is 0 Å². The Morgan fingerprint density at radius 3 is 2.29 bits per heavy atom. The molecule has 3 N–H and O–H groups in total. The highest BCUT2D eigenvalue weighted by atomic mass is 35.5. The van der Waals surface area contributed by atoms with Gasteiger partial charge in [0.05, 0.1) is 12.6 Å². The topological polar surface area (TPSA) is 69.6 Å². The van der Waals surface area contributed by atoms with Gasteiger partial charge in [0.15, 0.2) is 0 Å². The van der Waals surface area contributed by atoms with Gasteiger partial charge in [-0.1, -0.05) is 41.9 Å². The van der Waals surface area contributed by atoms with Crippen LogP contribution in [-0.2, 0) is 0 Å². The van der Waals surface area contributed by atoms with Gasteiger partial charge < -0.3 is 15.5 Å². The van der Waals surface area contributed by atoms with Crippen LogP contribution in [0.5, 0.6) is 0 Å². The Morgan fingerprint density at radius 1 is 1.10 bits per heavy atom.